The van der Waals surface area contributed by atoms with Gasteiger partial charge < -0.3 is 4.74 Å². The molecule has 1 heteroatoms. The van der Waals surface area contributed by atoms with Crippen molar-refractivity contribution in [3.8, 4) is 0 Å². The maximum atomic E-state index is 5.32. The Hall–Kier alpha value is -1.34. The second kappa shape index (κ2) is 4.25. The number of fused-ring (bicyclic) bond motifs is 1. The van der Waals surface area contributed by atoms with Gasteiger partial charge in [-0.3, -0.25) is 0 Å². The normalized spacial score (nSPS) is 10.6. The molecule has 1 radical (unpaired) electrons. The maximum absolute atomic E-state index is 5.32. The fourth-order valence-electron chi connectivity index (χ4n) is 1.60. The van der Waals surface area contributed by atoms with E-state index in [2.05, 4.69) is 43.3 Å². The van der Waals surface area contributed by atoms with Gasteiger partial charge in [-0.25, -0.2) is 0 Å². The summed E-state index contributed by atoms with van der Waals surface area (Å²) in [6.45, 7) is 4.82. The first-order valence-electron chi connectivity index (χ1n) is 4.75. The Morgan fingerprint density at radius 3 is 2.64 bits per heavy atom. The van der Waals surface area contributed by atoms with E-state index in [0.717, 1.165) is 0 Å². The van der Waals surface area contributed by atoms with Crippen LogP contribution in [-0.2, 0) is 11.3 Å². The molecule has 71 valence electrons. The van der Waals surface area contributed by atoms with E-state index in [1.54, 1.807) is 0 Å². The Morgan fingerprint density at radius 1 is 1.00 bits per heavy atom. The van der Waals surface area contributed by atoms with Crippen LogP contribution in [-0.4, -0.2) is 6.61 Å². The van der Waals surface area contributed by atoms with Crippen LogP contribution in [0.5, 0.6) is 0 Å². The molecule has 0 heterocycles. The van der Waals surface area contributed by atoms with Crippen LogP contribution in [0.4, 0.5) is 0 Å². The van der Waals surface area contributed by atoms with E-state index >= 15 is 0 Å². The third-order valence-corrected chi connectivity index (χ3v) is 2.28. The molecule has 2 rings (SSSR count). The first-order valence-corrected chi connectivity index (χ1v) is 4.75. The first-order chi connectivity index (χ1) is 6.92. The Morgan fingerprint density at radius 2 is 1.79 bits per heavy atom. The third-order valence-electron chi connectivity index (χ3n) is 2.28. The fraction of sp³-hybridized carbons (Fsp3) is 0.154. The lowest BCUT2D eigenvalue weighted by molar-refractivity contribution is 0.148. The molecule has 0 aliphatic rings. The van der Waals surface area contributed by atoms with E-state index < -0.39 is 0 Å². The zero-order valence-electron chi connectivity index (χ0n) is 8.07. The van der Waals surface area contributed by atoms with Crippen LogP contribution in [0.2, 0.25) is 0 Å². The Balaban J connectivity index is 2.43. The minimum absolute atomic E-state index is 0.517. The van der Waals surface area contributed by atoms with Gasteiger partial charge in [0.2, 0.25) is 0 Å². The first kappa shape index (κ1) is 9.22. The lowest BCUT2D eigenvalue weighted by Gasteiger charge is -2.05. The van der Waals surface area contributed by atoms with Gasteiger partial charge in [0.05, 0.1) is 6.61 Å². The Labute approximate surface area is 84.3 Å². The number of hydrogen-bond acceptors (Lipinski definition) is 1. The zero-order valence-corrected chi connectivity index (χ0v) is 8.07. The molecule has 0 unspecified atom stereocenters. The molecule has 0 spiro atoms. The van der Waals surface area contributed by atoms with Crippen molar-refractivity contribution < 1.29 is 4.74 Å². The van der Waals surface area contributed by atoms with Gasteiger partial charge in [-0.05, 0) is 23.3 Å². The van der Waals surface area contributed by atoms with Crippen molar-refractivity contribution in [3.05, 3.63) is 55.0 Å². The summed E-state index contributed by atoms with van der Waals surface area (Å²) in [6, 6.07) is 14.6. The van der Waals surface area contributed by atoms with Crippen molar-refractivity contribution >= 4 is 10.8 Å². The molecule has 0 aromatic heterocycles. The van der Waals surface area contributed by atoms with Gasteiger partial charge in [0, 0.05) is 6.61 Å². The largest absolute Gasteiger partial charge is 0.377 e. The minimum Gasteiger partial charge on any atom is -0.377 e. The fourth-order valence-corrected chi connectivity index (χ4v) is 1.60. The average molecular weight is 185 g/mol. The van der Waals surface area contributed by atoms with Gasteiger partial charge >= 0.3 is 0 Å². The predicted molar refractivity (Wildman–Crippen MR) is 59.0 cm³/mol. The molecular weight excluding hydrogens is 172 g/mol. The summed E-state index contributed by atoms with van der Waals surface area (Å²) in [5.74, 6) is 0. The van der Waals surface area contributed by atoms with Crippen molar-refractivity contribution in [1.82, 2.24) is 0 Å². The van der Waals surface area contributed by atoms with Crippen LogP contribution in [0.1, 0.15) is 5.56 Å². The summed E-state index contributed by atoms with van der Waals surface area (Å²) in [5.41, 5.74) is 1.23. The van der Waals surface area contributed by atoms with E-state index in [-0.39, 0.29) is 0 Å². The molecule has 0 atom stereocenters. The second-order valence-corrected chi connectivity index (χ2v) is 3.19. The third kappa shape index (κ3) is 1.78. The Bertz CT molecular complexity index is 415. The van der Waals surface area contributed by atoms with Crippen LogP contribution < -0.4 is 0 Å². The van der Waals surface area contributed by atoms with Crippen LogP contribution in [0.15, 0.2) is 42.5 Å². The van der Waals surface area contributed by atoms with E-state index in [1.807, 2.05) is 6.07 Å². The van der Waals surface area contributed by atoms with Crippen molar-refractivity contribution in [2.45, 2.75) is 6.61 Å². The quantitative estimate of drug-likeness (QED) is 0.713. The summed E-state index contributed by atoms with van der Waals surface area (Å²) in [7, 11) is 0. The molecule has 0 amide bonds. The smallest absolute Gasteiger partial charge is 0.0722 e. The molecule has 2 aromatic carbocycles. The maximum Gasteiger partial charge on any atom is 0.0722 e. The van der Waals surface area contributed by atoms with Gasteiger partial charge in [0.1, 0.15) is 0 Å². The lowest BCUT2D eigenvalue weighted by Crippen LogP contribution is -1.92. The van der Waals surface area contributed by atoms with Gasteiger partial charge in [-0.1, -0.05) is 42.5 Å². The van der Waals surface area contributed by atoms with Gasteiger partial charge in [0.15, 0.2) is 0 Å². The molecule has 2 aromatic rings. The van der Waals surface area contributed by atoms with Crippen molar-refractivity contribution in [1.29, 1.82) is 0 Å². The molecule has 0 N–H and O–H groups in total. The zero-order chi connectivity index (χ0) is 9.80. The SMILES string of the molecule is [CH2]COCc1cccc2ccccc12. The molecule has 0 aliphatic carbocycles. The molecule has 1 nitrogen and oxygen atoms in total. The van der Waals surface area contributed by atoms with Crippen LogP contribution in [0, 0.1) is 6.92 Å². The van der Waals surface area contributed by atoms with E-state index in [1.165, 1.54) is 16.3 Å². The summed E-state index contributed by atoms with van der Waals surface area (Å²) in [6.07, 6.45) is 0. The number of ether oxygens (including phenoxy) is 1. The molecule has 0 aliphatic heterocycles. The highest BCUT2D eigenvalue weighted by atomic mass is 16.5. The number of hydrogen-bond donors (Lipinski definition) is 0. The second-order valence-electron chi connectivity index (χ2n) is 3.19. The summed E-state index contributed by atoms with van der Waals surface area (Å²) >= 11 is 0. The molecular formula is C13H13O. The summed E-state index contributed by atoms with van der Waals surface area (Å²) in [4.78, 5) is 0. The minimum atomic E-state index is 0.517. The topological polar surface area (TPSA) is 9.23 Å². The summed E-state index contributed by atoms with van der Waals surface area (Å²) in [5, 5.41) is 2.53. The van der Waals surface area contributed by atoms with Crippen molar-refractivity contribution in [2.24, 2.45) is 0 Å². The highest BCUT2D eigenvalue weighted by molar-refractivity contribution is 5.85. The molecule has 0 fully saturated rings. The van der Waals surface area contributed by atoms with Crippen molar-refractivity contribution in [3.63, 3.8) is 0 Å². The molecule has 0 saturated carbocycles. The van der Waals surface area contributed by atoms with Gasteiger partial charge in [-0.2, -0.15) is 0 Å². The van der Waals surface area contributed by atoms with Crippen LogP contribution in [0.3, 0.4) is 0 Å². The average Bonchev–Trinajstić information content (AvgIpc) is 2.26. The van der Waals surface area contributed by atoms with Crippen LogP contribution in [0.25, 0.3) is 10.8 Å². The molecule has 0 bridgehead atoms. The number of rotatable bonds is 3. The monoisotopic (exact) mass is 185 g/mol. The van der Waals surface area contributed by atoms with Gasteiger partial charge in [0.25, 0.3) is 0 Å². The standard InChI is InChI=1S/C13H13O/c1-2-14-10-12-8-5-7-11-6-3-4-9-13(11)12/h3-9H,1-2,10H2. The molecule has 0 saturated heterocycles. The Kier molecular flexibility index (Phi) is 2.80. The summed E-state index contributed by atoms with van der Waals surface area (Å²) < 4.78 is 5.32. The molecule has 14 heavy (non-hydrogen) atoms. The predicted octanol–water partition coefficient (Wildman–Crippen LogP) is 3.19. The highest BCUT2D eigenvalue weighted by Crippen LogP contribution is 2.18. The lowest BCUT2D eigenvalue weighted by atomic mass is 10.1. The van der Waals surface area contributed by atoms with Crippen molar-refractivity contribution in [2.75, 3.05) is 6.61 Å². The number of benzene rings is 2. The van der Waals surface area contributed by atoms with E-state index in [4.69, 9.17) is 4.74 Å². The van der Waals surface area contributed by atoms with Gasteiger partial charge in [-0.15, -0.1) is 0 Å². The van der Waals surface area contributed by atoms with E-state index in [0.29, 0.717) is 13.2 Å². The highest BCUT2D eigenvalue weighted by Gasteiger charge is 1.98. The van der Waals surface area contributed by atoms with Crippen LogP contribution >= 0.6 is 0 Å². The van der Waals surface area contributed by atoms with E-state index in [9.17, 15) is 0 Å².